The number of carbonyl (C=O) groups is 1. The second kappa shape index (κ2) is 10.5. The minimum Gasteiger partial charge on any atom is -0.493 e. The number of benzene rings is 2. The number of alkyl halides is 2. The molecule has 0 bridgehead atoms. The van der Waals surface area contributed by atoms with E-state index in [9.17, 15) is 13.6 Å². The van der Waals surface area contributed by atoms with Gasteiger partial charge in [0.1, 0.15) is 16.5 Å². The van der Waals surface area contributed by atoms with E-state index in [2.05, 4.69) is 20.0 Å². The largest absolute Gasteiger partial charge is 0.493 e. The van der Waals surface area contributed by atoms with Gasteiger partial charge in [0.25, 0.3) is 0 Å². The molecule has 0 saturated heterocycles. The van der Waals surface area contributed by atoms with Crippen LogP contribution in [0.5, 0.6) is 11.5 Å². The van der Waals surface area contributed by atoms with E-state index < -0.39 is 6.61 Å². The third-order valence-corrected chi connectivity index (χ3v) is 6.12. The molecule has 0 atom stereocenters. The number of nitrogens with zero attached hydrogens (tertiary/aromatic N) is 2. The quantitative estimate of drug-likeness (QED) is 0.308. The molecule has 10 heteroatoms. The molecule has 6 nitrogen and oxygen atoms in total. The molecule has 33 heavy (non-hydrogen) atoms. The molecule has 2 heterocycles. The minimum absolute atomic E-state index is 0.0259. The highest BCUT2D eigenvalue weighted by Crippen LogP contribution is 2.34. The van der Waals surface area contributed by atoms with Crippen molar-refractivity contribution < 1.29 is 23.0 Å². The number of ether oxygens (including phenoxy) is 2. The molecule has 0 aliphatic heterocycles. The van der Waals surface area contributed by atoms with E-state index in [1.54, 1.807) is 23.6 Å². The maximum atomic E-state index is 12.7. The van der Waals surface area contributed by atoms with Gasteiger partial charge in [0.2, 0.25) is 5.91 Å². The second-order valence-electron chi connectivity index (χ2n) is 6.71. The first-order valence-corrected chi connectivity index (χ1v) is 11.8. The van der Waals surface area contributed by atoms with Crippen LogP contribution < -0.4 is 14.8 Å². The number of anilines is 1. The molecule has 0 spiro atoms. The van der Waals surface area contributed by atoms with Crippen LogP contribution in [0.15, 0.2) is 59.3 Å². The summed E-state index contributed by atoms with van der Waals surface area (Å²) in [7, 11) is 0. The molecular weight excluding hydrogens is 468 g/mol. The average Bonchev–Trinajstić information content (AvgIpc) is 3.44. The molecule has 2 aromatic heterocycles. The maximum absolute atomic E-state index is 12.7. The van der Waals surface area contributed by atoms with Crippen molar-refractivity contribution in [3.05, 3.63) is 65.0 Å². The Labute approximate surface area is 196 Å². The molecule has 170 valence electrons. The lowest BCUT2D eigenvalue weighted by Crippen LogP contribution is -2.14. The fraction of sp³-hybridized carbons (Fsp3) is 0.174. The molecule has 4 aromatic rings. The second-order valence-corrected chi connectivity index (χ2v) is 8.43. The molecule has 0 unspecified atom stereocenters. The van der Waals surface area contributed by atoms with Gasteiger partial charge in [-0.2, -0.15) is 8.78 Å². The van der Waals surface area contributed by atoms with Crippen LogP contribution in [0.2, 0.25) is 0 Å². The van der Waals surface area contributed by atoms with E-state index in [1.807, 2.05) is 36.6 Å². The summed E-state index contributed by atoms with van der Waals surface area (Å²) >= 11 is 2.64. The summed E-state index contributed by atoms with van der Waals surface area (Å²) in [5.74, 6) is 0.498. The predicted molar refractivity (Wildman–Crippen MR) is 125 cm³/mol. The van der Waals surface area contributed by atoms with Crippen molar-refractivity contribution in [3.63, 3.8) is 0 Å². The van der Waals surface area contributed by atoms with Crippen LogP contribution in [0.4, 0.5) is 13.9 Å². The first-order chi connectivity index (χ1) is 16.0. The van der Waals surface area contributed by atoms with Gasteiger partial charge in [-0.15, -0.1) is 22.7 Å². The molecule has 0 saturated carbocycles. The summed E-state index contributed by atoms with van der Waals surface area (Å²) in [6.07, 6.45) is 0.0767. The van der Waals surface area contributed by atoms with Gasteiger partial charge in [-0.1, -0.05) is 24.3 Å². The third-order valence-electron chi connectivity index (χ3n) is 4.44. The fourth-order valence-electron chi connectivity index (χ4n) is 3.10. The number of aromatic nitrogens is 2. The number of carbonyl (C=O) groups excluding carboxylic acids is 1. The van der Waals surface area contributed by atoms with E-state index >= 15 is 0 Å². The smallest absolute Gasteiger partial charge is 0.387 e. The van der Waals surface area contributed by atoms with Gasteiger partial charge in [-0.3, -0.25) is 4.79 Å². The van der Waals surface area contributed by atoms with E-state index in [1.165, 1.54) is 28.7 Å². The highest BCUT2D eigenvalue weighted by molar-refractivity contribution is 7.14. The topological polar surface area (TPSA) is 73.3 Å². The number of rotatable bonds is 9. The van der Waals surface area contributed by atoms with Crippen LogP contribution in [0.1, 0.15) is 12.6 Å². The molecule has 1 N–H and O–H groups in total. The van der Waals surface area contributed by atoms with Gasteiger partial charge >= 0.3 is 6.61 Å². The molecule has 2 aromatic carbocycles. The molecule has 0 aliphatic carbocycles. The van der Waals surface area contributed by atoms with Crippen molar-refractivity contribution >= 4 is 33.7 Å². The van der Waals surface area contributed by atoms with Crippen LogP contribution in [0.3, 0.4) is 0 Å². The van der Waals surface area contributed by atoms with Gasteiger partial charge in [-0.05, 0) is 31.2 Å². The van der Waals surface area contributed by atoms with Gasteiger partial charge in [0.15, 0.2) is 5.13 Å². The Morgan fingerprint density at radius 3 is 2.48 bits per heavy atom. The zero-order valence-electron chi connectivity index (χ0n) is 17.5. The zero-order chi connectivity index (χ0) is 23.2. The monoisotopic (exact) mass is 487 g/mol. The van der Waals surface area contributed by atoms with Gasteiger partial charge in [0, 0.05) is 16.3 Å². The van der Waals surface area contributed by atoms with Gasteiger partial charge < -0.3 is 14.8 Å². The first kappa shape index (κ1) is 22.8. The van der Waals surface area contributed by atoms with Gasteiger partial charge in [0.05, 0.1) is 30.0 Å². The van der Waals surface area contributed by atoms with Crippen molar-refractivity contribution in [3.8, 4) is 33.3 Å². The van der Waals surface area contributed by atoms with Crippen LogP contribution in [0, 0.1) is 0 Å². The Morgan fingerprint density at radius 1 is 1.00 bits per heavy atom. The summed E-state index contributed by atoms with van der Waals surface area (Å²) in [6.45, 7) is -0.470. The number of para-hydroxylation sites is 2. The van der Waals surface area contributed by atoms with Crippen LogP contribution in [-0.2, 0) is 11.2 Å². The molecular formula is C23H19F2N3O3S2. The summed E-state index contributed by atoms with van der Waals surface area (Å²) in [5, 5.41) is 7.39. The maximum Gasteiger partial charge on any atom is 0.387 e. The highest BCUT2D eigenvalue weighted by Gasteiger charge is 2.16. The fourth-order valence-corrected chi connectivity index (χ4v) is 4.67. The number of thiazole rings is 2. The first-order valence-electron chi connectivity index (χ1n) is 9.99. The van der Waals surface area contributed by atoms with Gasteiger partial charge in [-0.25, -0.2) is 9.97 Å². The van der Waals surface area contributed by atoms with E-state index in [4.69, 9.17) is 4.74 Å². The number of hydrogen-bond donors (Lipinski definition) is 1. The Balaban J connectivity index is 1.43. The van der Waals surface area contributed by atoms with Crippen molar-refractivity contribution in [1.82, 2.24) is 9.97 Å². The Morgan fingerprint density at radius 2 is 1.73 bits per heavy atom. The number of hydrogen-bond acceptors (Lipinski definition) is 7. The van der Waals surface area contributed by atoms with E-state index in [0.717, 1.165) is 16.3 Å². The van der Waals surface area contributed by atoms with Crippen LogP contribution in [0.25, 0.3) is 21.8 Å². The Kier molecular flexibility index (Phi) is 7.26. The van der Waals surface area contributed by atoms with Crippen molar-refractivity contribution in [2.45, 2.75) is 20.0 Å². The summed E-state index contributed by atoms with van der Waals surface area (Å²) in [4.78, 5) is 21.4. The summed E-state index contributed by atoms with van der Waals surface area (Å²) < 4.78 is 35.5. The van der Waals surface area contributed by atoms with Crippen LogP contribution >= 0.6 is 22.7 Å². The molecule has 0 aliphatic rings. The third kappa shape index (κ3) is 5.71. The van der Waals surface area contributed by atoms with Crippen molar-refractivity contribution in [1.29, 1.82) is 0 Å². The zero-order valence-corrected chi connectivity index (χ0v) is 19.1. The SMILES string of the molecule is CCOc1ccccc1-c1nc(CC(=O)Nc2nc(-c3ccccc3OC(F)F)cs2)cs1. The highest BCUT2D eigenvalue weighted by atomic mass is 32.1. The normalized spacial score (nSPS) is 10.9. The molecule has 1 amide bonds. The number of amides is 1. The standard InChI is InChI=1S/C23H19F2N3O3S2/c1-2-30-18-9-5-4-8-16(18)21-26-14(12-32-21)11-20(29)28-23-27-17(13-33-23)15-7-3-6-10-19(15)31-22(24)25/h3-10,12-13,22H,2,11H2,1H3,(H,27,28,29). The summed E-state index contributed by atoms with van der Waals surface area (Å²) in [5.41, 5.74) is 2.37. The summed E-state index contributed by atoms with van der Waals surface area (Å²) in [6, 6.07) is 14.0. The van der Waals surface area contributed by atoms with E-state index in [-0.39, 0.29) is 18.1 Å². The number of nitrogens with one attached hydrogen (secondary N) is 1. The average molecular weight is 488 g/mol. The van der Waals surface area contributed by atoms with E-state index in [0.29, 0.717) is 28.7 Å². The Bertz CT molecular complexity index is 1240. The lowest BCUT2D eigenvalue weighted by Gasteiger charge is -2.08. The molecule has 0 radical (unpaired) electrons. The molecule has 0 fully saturated rings. The minimum atomic E-state index is -2.94. The van der Waals surface area contributed by atoms with Crippen molar-refractivity contribution in [2.24, 2.45) is 0 Å². The van der Waals surface area contributed by atoms with Crippen molar-refractivity contribution in [2.75, 3.05) is 11.9 Å². The Hall–Kier alpha value is -3.37. The lowest BCUT2D eigenvalue weighted by atomic mass is 10.1. The predicted octanol–water partition coefficient (Wildman–Crippen LogP) is 6.11. The lowest BCUT2D eigenvalue weighted by molar-refractivity contribution is -0.115. The van der Waals surface area contributed by atoms with Crippen LogP contribution in [-0.4, -0.2) is 29.1 Å². The number of halogens is 2. The molecule has 4 rings (SSSR count).